The number of esters is 1. The molecule has 0 amide bonds. The number of likely N-dealkylation sites (N-methyl/N-ethyl adjacent to an activating group) is 1. The highest BCUT2D eigenvalue weighted by Gasteiger charge is 2.44. The van der Waals surface area contributed by atoms with E-state index in [9.17, 15) is 26.4 Å². The molecule has 1 atom stereocenters. The average Bonchev–Trinajstić information content (AvgIpc) is 3.12. The second kappa shape index (κ2) is 8.14. The molecule has 0 radical (unpaired) electrons. The van der Waals surface area contributed by atoms with Crippen LogP contribution in [0.2, 0.25) is 0 Å². The number of ether oxygens (including phenoxy) is 2. The lowest BCUT2D eigenvalue weighted by atomic mass is 10.1. The third kappa shape index (κ3) is 3.82. The normalized spacial score (nSPS) is 17.4. The smallest absolute Gasteiger partial charge is 0.490 e. The number of carbonyl (C=O) groups excluding carboxylic acids is 1. The van der Waals surface area contributed by atoms with E-state index in [1.165, 1.54) is 41.4 Å². The molecule has 3 aromatic rings. The van der Waals surface area contributed by atoms with E-state index in [2.05, 4.69) is 0 Å². The fourth-order valence-corrected chi connectivity index (χ4v) is 5.06. The molecular weight excluding hydrogens is 449 g/mol. The van der Waals surface area contributed by atoms with Crippen LogP contribution in [-0.4, -0.2) is 49.1 Å². The van der Waals surface area contributed by atoms with Crippen LogP contribution < -0.4 is 4.74 Å². The number of nitrogens with zero attached hydrogens (tertiary/aromatic N) is 2. The van der Waals surface area contributed by atoms with Crippen molar-refractivity contribution in [2.75, 3.05) is 19.7 Å². The molecule has 0 N–H and O–H groups in total. The van der Waals surface area contributed by atoms with Crippen molar-refractivity contribution in [2.24, 2.45) is 0 Å². The van der Waals surface area contributed by atoms with Gasteiger partial charge in [0.25, 0.3) is 10.0 Å². The van der Waals surface area contributed by atoms with Crippen molar-refractivity contribution in [3.05, 3.63) is 60.3 Å². The van der Waals surface area contributed by atoms with Crippen LogP contribution in [0.1, 0.15) is 18.7 Å². The molecule has 0 saturated carbocycles. The Morgan fingerprint density at radius 2 is 1.88 bits per heavy atom. The van der Waals surface area contributed by atoms with Crippen LogP contribution >= 0.6 is 0 Å². The Morgan fingerprint density at radius 1 is 1.16 bits per heavy atom. The fourth-order valence-electron chi connectivity index (χ4n) is 3.69. The van der Waals surface area contributed by atoms with E-state index in [1.807, 2.05) is 0 Å². The van der Waals surface area contributed by atoms with E-state index < -0.39 is 28.4 Å². The largest absolute Gasteiger partial charge is 0.492 e. The second-order valence-corrected chi connectivity index (χ2v) is 8.89. The third-order valence-corrected chi connectivity index (χ3v) is 6.91. The minimum absolute atomic E-state index is 0.0546. The Bertz CT molecular complexity index is 1260. The molecule has 0 aliphatic carbocycles. The summed E-state index contributed by atoms with van der Waals surface area (Å²) in [6.07, 6.45) is -5.26. The van der Waals surface area contributed by atoms with E-state index in [0.717, 1.165) is 3.97 Å². The SMILES string of the molecule is CCN1CCOc2ccc3c(ccn3S(=O)(=O)c3ccccc3)c2C1OC(=O)C(F)(F)F. The Balaban J connectivity index is 1.89. The van der Waals surface area contributed by atoms with Crippen LogP contribution in [-0.2, 0) is 19.6 Å². The molecule has 7 nitrogen and oxygen atoms in total. The van der Waals surface area contributed by atoms with Gasteiger partial charge in [-0.25, -0.2) is 17.2 Å². The first kappa shape index (κ1) is 22.2. The summed E-state index contributed by atoms with van der Waals surface area (Å²) in [6.45, 7) is 2.36. The highest BCUT2D eigenvalue weighted by molar-refractivity contribution is 7.90. The molecule has 1 aliphatic heterocycles. The lowest BCUT2D eigenvalue weighted by Crippen LogP contribution is -2.36. The minimum atomic E-state index is -5.18. The lowest BCUT2D eigenvalue weighted by molar-refractivity contribution is -0.213. The van der Waals surface area contributed by atoms with Crippen molar-refractivity contribution in [1.29, 1.82) is 0 Å². The van der Waals surface area contributed by atoms with Gasteiger partial charge in [0.2, 0.25) is 0 Å². The van der Waals surface area contributed by atoms with Gasteiger partial charge in [-0.05, 0) is 36.9 Å². The fraction of sp³-hybridized carbons (Fsp3) is 0.286. The number of fused-ring (bicyclic) bond motifs is 3. The van der Waals surface area contributed by atoms with Crippen molar-refractivity contribution in [3.63, 3.8) is 0 Å². The molecule has 0 bridgehead atoms. The van der Waals surface area contributed by atoms with Crippen LogP contribution in [0.25, 0.3) is 10.9 Å². The number of hydrogen-bond donors (Lipinski definition) is 0. The zero-order valence-electron chi connectivity index (χ0n) is 16.9. The maximum absolute atomic E-state index is 13.1. The molecule has 0 spiro atoms. The molecule has 1 aliphatic rings. The van der Waals surface area contributed by atoms with Crippen molar-refractivity contribution in [2.45, 2.75) is 24.2 Å². The van der Waals surface area contributed by atoms with E-state index in [0.29, 0.717) is 5.39 Å². The molecule has 170 valence electrons. The van der Waals surface area contributed by atoms with Crippen molar-refractivity contribution < 1.29 is 35.9 Å². The van der Waals surface area contributed by atoms with Gasteiger partial charge in [-0.1, -0.05) is 25.1 Å². The highest BCUT2D eigenvalue weighted by Crippen LogP contribution is 2.40. The van der Waals surface area contributed by atoms with Gasteiger partial charge in [-0.3, -0.25) is 4.90 Å². The standard InChI is InChI=1S/C21H19F3N2O5S/c1-2-25-12-13-30-17-9-8-16-15(18(17)19(25)31-20(27)21(22,23)24)10-11-26(16)32(28,29)14-6-4-3-5-7-14/h3-11,19H,2,12-13H2,1H3. The Kier molecular flexibility index (Phi) is 5.63. The first-order valence-electron chi connectivity index (χ1n) is 9.74. The average molecular weight is 468 g/mol. The predicted molar refractivity (Wildman–Crippen MR) is 109 cm³/mol. The Labute approximate surface area is 182 Å². The summed E-state index contributed by atoms with van der Waals surface area (Å²) < 4.78 is 76.8. The van der Waals surface area contributed by atoms with Crippen LogP contribution in [0.15, 0.2) is 59.6 Å². The number of hydrogen-bond acceptors (Lipinski definition) is 6. The van der Waals surface area contributed by atoms with Crippen molar-refractivity contribution in [1.82, 2.24) is 8.87 Å². The van der Waals surface area contributed by atoms with Crippen molar-refractivity contribution >= 4 is 26.9 Å². The summed E-state index contributed by atoms with van der Waals surface area (Å²) in [5.74, 6) is -2.11. The maximum Gasteiger partial charge on any atom is 0.490 e. The predicted octanol–water partition coefficient (Wildman–Crippen LogP) is 3.70. The highest BCUT2D eigenvalue weighted by atomic mass is 32.2. The number of rotatable bonds is 4. The number of aromatic nitrogens is 1. The van der Waals surface area contributed by atoms with Gasteiger partial charge in [0.15, 0.2) is 6.23 Å². The first-order valence-corrected chi connectivity index (χ1v) is 11.2. The van der Waals surface area contributed by atoms with Crippen LogP contribution in [0.5, 0.6) is 5.75 Å². The van der Waals surface area contributed by atoms with Crippen LogP contribution in [0.4, 0.5) is 13.2 Å². The molecule has 1 aromatic heterocycles. The minimum Gasteiger partial charge on any atom is -0.492 e. The molecule has 2 aromatic carbocycles. The van der Waals surface area contributed by atoms with Crippen molar-refractivity contribution in [3.8, 4) is 5.75 Å². The van der Waals surface area contributed by atoms with Gasteiger partial charge in [-0.2, -0.15) is 13.2 Å². The molecule has 0 fully saturated rings. The second-order valence-electron chi connectivity index (χ2n) is 7.07. The van der Waals surface area contributed by atoms with E-state index >= 15 is 0 Å². The van der Waals surface area contributed by atoms with E-state index in [-0.39, 0.29) is 41.4 Å². The quantitative estimate of drug-likeness (QED) is 0.544. The van der Waals surface area contributed by atoms with Gasteiger partial charge >= 0.3 is 12.1 Å². The van der Waals surface area contributed by atoms with Gasteiger partial charge in [0, 0.05) is 18.1 Å². The molecule has 4 rings (SSSR count). The summed E-state index contributed by atoms with van der Waals surface area (Å²) in [4.78, 5) is 13.3. The molecule has 2 heterocycles. The topological polar surface area (TPSA) is 77.8 Å². The summed E-state index contributed by atoms with van der Waals surface area (Å²) in [6, 6.07) is 12.2. The number of alkyl halides is 3. The first-order chi connectivity index (χ1) is 15.1. The van der Waals surface area contributed by atoms with Crippen LogP contribution in [0.3, 0.4) is 0 Å². The van der Waals surface area contributed by atoms with Gasteiger partial charge in [0.05, 0.1) is 16.0 Å². The zero-order chi connectivity index (χ0) is 23.1. The summed E-state index contributed by atoms with van der Waals surface area (Å²) in [5, 5.41) is 0.308. The van der Waals surface area contributed by atoms with Gasteiger partial charge < -0.3 is 9.47 Å². The summed E-state index contributed by atoms with van der Waals surface area (Å²) in [7, 11) is -3.97. The number of benzene rings is 2. The molecule has 0 saturated heterocycles. The Hall–Kier alpha value is -3.05. The molecule has 1 unspecified atom stereocenters. The van der Waals surface area contributed by atoms with E-state index in [1.54, 1.807) is 25.1 Å². The number of halogens is 3. The monoisotopic (exact) mass is 468 g/mol. The maximum atomic E-state index is 13.1. The zero-order valence-corrected chi connectivity index (χ0v) is 17.7. The third-order valence-electron chi connectivity index (χ3n) is 5.21. The van der Waals surface area contributed by atoms with E-state index in [4.69, 9.17) is 9.47 Å². The molecule has 32 heavy (non-hydrogen) atoms. The summed E-state index contributed by atoms with van der Waals surface area (Å²) >= 11 is 0. The molecule has 11 heteroatoms. The van der Waals surface area contributed by atoms with Crippen LogP contribution in [0, 0.1) is 0 Å². The lowest BCUT2D eigenvalue weighted by Gasteiger charge is -2.28. The summed E-state index contributed by atoms with van der Waals surface area (Å²) in [5.41, 5.74) is 0.392. The number of carbonyl (C=O) groups is 1. The van der Waals surface area contributed by atoms with Gasteiger partial charge in [0.1, 0.15) is 12.4 Å². The Morgan fingerprint density at radius 3 is 2.53 bits per heavy atom. The van der Waals surface area contributed by atoms with Gasteiger partial charge in [-0.15, -0.1) is 0 Å². The molecular formula is C21H19F3N2O5S.